The minimum absolute atomic E-state index is 0.131. The number of ketones is 1. The second-order valence-corrected chi connectivity index (χ2v) is 5.06. The summed E-state index contributed by atoms with van der Waals surface area (Å²) in [4.78, 5) is 24.1. The largest absolute Gasteiger partial charge is 0.508 e. The number of hydrogen-bond donors (Lipinski definition) is 2. The monoisotopic (exact) mass is 320 g/mol. The molecule has 2 aromatic carbocycles. The Morgan fingerprint density at radius 1 is 1.09 bits per heavy atom. The van der Waals surface area contributed by atoms with Crippen molar-refractivity contribution in [2.45, 2.75) is 13.0 Å². The highest BCUT2D eigenvalue weighted by Crippen LogP contribution is 2.24. The normalized spacial score (nSPS) is 11.7. The zero-order valence-corrected chi connectivity index (χ0v) is 12.4. The molecule has 1 atom stereocenters. The summed E-state index contributed by atoms with van der Waals surface area (Å²) in [5, 5.41) is 19.3. The molecule has 0 heterocycles. The van der Waals surface area contributed by atoms with Gasteiger partial charge in [0, 0.05) is 16.7 Å². The van der Waals surface area contributed by atoms with Gasteiger partial charge >= 0.3 is 5.97 Å². The average Bonchev–Trinajstić information content (AvgIpc) is 2.47. The molecule has 22 heavy (non-hydrogen) atoms. The molecule has 0 aliphatic rings. The number of ether oxygens (including phenoxy) is 1. The molecule has 2 aromatic rings. The maximum absolute atomic E-state index is 12.1. The third-order valence-corrected chi connectivity index (χ3v) is 3.23. The van der Waals surface area contributed by atoms with E-state index in [4.69, 9.17) is 16.3 Å². The number of Topliss-reactive ketones (excluding diaryl/α,β-unsaturated/α-hetero) is 1. The fraction of sp³-hybridized carbons (Fsp3) is 0.125. The Hall–Kier alpha value is -2.53. The van der Waals surface area contributed by atoms with Gasteiger partial charge in [-0.15, -0.1) is 0 Å². The third-order valence-electron chi connectivity index (χ3n) is 2.98. The van der Waals surface area contributed by atoms with Crippen molar-refractivity contribution < 1.29 is 24.5 Å². The van der Waals surface area contributed by atoms with Gasteiger partial charge in [-0.2, -0.15) is 0 Å². The smallest absolute Gasteiger partial charge is 0.342 e. The van der Waals surface area contributed by atoms with Crippen LogP contribution >= 0.6 is 11.6 Å². The zero-order chi connectivity index (χ0) is 16.3. The number of benzene rings is 2. The topological polar surface area (TPSA) is 83.8 Å². The van der Waals surface area contributed by atoms with Crippen LogP contribution in [0.25, 0.3) is 0 Å². The number of rotatable bonds is 4. The first-order chi connectivity index (χ1) is 10.4. The molecule has 2 rings (SSSR count). The molecule has 0 amide bonds. The van der Waals surface area contributed by atoms with E-state index in [1.165, 1.54) is 31.2 Å². The Morgan fingerprint density at radius 2 is 1.73 bits per heavy atom. The Morgan fingerprint density at radius 3 is 2.32 bits per heavy atom. The van der Waals surface area contributed by atoms with Gasteiger partial charge < -0.3 is 14.9 Å². The van der Waals surface area contributed by atoms with Crippen molar-refractivity contribution in [1.82, 2.24) is 0 Å². The third kappa shape index (κ3) is 3.56. The molecule has 2 N–H and O–H groups in total. The summed E-state index contributed by atoms with van der Waals surface area (Å²) in [6, 6.07) is 9.67. The number of phenols is 2. The maximum Gasteiger partial charge on any atom is 0.342 e. The van der Waals surface area contributed by atoms with Gasteiger partial charge in [-0.05, 0) is 43.3 Å². The first kappa shape index (κ1) is 15.9. The lowest BCUT2D eigenvalue weighted by Crippen LogP contribution is -2.24. The van der Waals surface area contributed by atoms with E-state index in [1.807, 2.05) is 0 Å². The summed E-state index contributed by atoms with van der Waals surface area (Å²) in [5.74, 6) is -1.84. The molecule has 0 aliphatic carbocycles. The summed E-state index contributed by atoms with van der Waals surface area (Å²) in [7, 11) is 0. The van der Waals surface area contributed by atoms with Crippen LogP contribution in [0, 0.1) is 0 Å². The number of halogens is 1. The molecule has 0 saturated carbocycles. The van der Waals surface area contributed by atoms with Crippen molar-refractivity contribution in [3.63, 3.8) is 0 Å². The second kappa shape index (κ2) is 6.49. The molecule has 114 valence electrons. The molecule has 0 aliphatic heterocycles. The van der Waals surface area contributed by atoms with Crippen LogP contribution in [-0.2, 0) is 4.74 Å². The lowest BCUT2D eigenvalue weighted by atomic mass is 10.1. The van der Waals surface area contributed by atoms with Gasteiger partial charge in [-0.25, -0.2) is 4.79 Å². The van der Waals surface area contributed by atoms with E-state index in [1.54, 1.807) is 12.1 Å². The van der Waals surface area contributed by atoms with E-state index < -0.39 is 17.8 Å². The lowest BCUT2D eigenvalue weighted by molar-refractivity contribution is 0.0316. The number of aromatic hydroxyl groups is 2. The minimum atomic E-state index is -1.03. The van der Waals surface area contributed by atoms with Crippen LogP contribution < -0.4 is 0 Å². The summed E-state index contributed by atoms with van der Waals surface area (Å²) in [5.41, 5.74) is 0.230. The van der Waals surface area contributed by atoms with Crippen molar-refractivity contribution >= 4 is 23.4 Å². The molecule has 1 unspecified atom stereocenters. The molecule has 0 aromatic heterocycles. The van der Waals surface area contributed by atoms with Crippen molar-refractivity contribution in [2.75, 3.05) is 0 Å². The van der Waals surface area contributed by atoms with Crippen LogP contribution in [0.5, 0.6) is 11.5 Å². The van der Waals surface area contributed by atoms with Gasteiger partial charge in [0.25, 0.3) is 0 Å². The molecule has 0 fully saturated rings. The molecular weight excluding hydrogens is 308 g/mol. The van der Waals surface area contributed by atoms with Gasteiger partial charge in [0.2, 0.25) is 5.78 Å². The van der Waals surface area contributed by atoms with Crippen LogP contribution in [0.4, 0.5) is 0 Å². The number of carbonyl (C=O) groups excluding carboxylic acids is 2. The summed E-state index contributed by atoms with van der Waals surface area (Å²) in [6.45, 7) is 1.44. The SMILES string of the molecule is CC(OC(=O)c1ccc(O)cc1O)C(=O)c1ccc(Cl)cc1. The van der Waals surface area contributed by atoms with Gasteiger partial charge in [0.15, 0.2) is 6.10 Å². The average molecular weight is 321 g/mol. The zero-order valence-electron chi connectivity index (χ0n) is 11.6. The van der Waals surface area contributed by atoms with Crippen molar-refractivity contribution in [3.8, 4) is 11.5 Å². The highest BCUT2D eigenvalue weighted by atomic mass is 35.5. The highest BCUT2D eigenvalue weighted by Gasteiger charge is 2.22. The van der Waals surface area contributed by atoms with Crippen LogP contribution in [0.15, 0.2) is 42.5 Å². The molecule has 0 saturated heterocycles. The van der Waals surface area contributed by atoms with Crippen LogP contribution in [0.1, 0.15) is 27.6 Å². The first-order valence-electron chi connectivity index (χ1n) is 6.41. The van der Waals surface area contributed by atoms with Crippen molar-refractivity contribution in [1.29, 1.82) is 0 Å². The molecular formula is C16H13ClO5. The Kier molecular flexibility index (Phi) is 4.68. The molecule has 0 bridgehead atoms. The van der Waals surface area contributed by atoms with E-state index in [9.17, 15) is 19.8 Å². The molecule has 5 nitrogen and oxygen atoms in total. The highest BCUT2D eigenvalue weighted by molar-refractivity contribution is 6.30. The summed E-state index contributed by atoms with van der Waals surface area (Å²) >= 11 is 5.75. The predicted octanol–water partition coefficient (Wildman–Crippen LogP) is 3.18. The van der Waals surface area contributed by atoms with E-state index in [2.05, 4.69) is 0 Å². The molecule has 0 spiro atoms. The van der Waals surface area contributed by atoms with E-state index in [-0.39, 0.29) is 17.1 Å². The van der Waals surface area contributed by atoms with E-state index in [0.29, 0.717) is 10.6 Å². The van der Waals surface area contributed by atoms with Gasteiger partial charge in [-0.3, -0.25) is 4.79 Å². The van der Waals surface area contributed by atoms with Crippen molar-refractivity contribution in [2.24, 2.45) is 0 Å². The number of phenolic OH excluding ortho intramolecular Hbond substituents is 2. The summed E-state index contributed by atoms with van der Waals surface area (Å²) < 4.78 is 5.04. The fourth-order valence-corrected chi connectivity index (χ4v) is 1.95. The Labute approximate surface area is 131 Å². The lowest BCUT2D eigenvalue weighted by Gasteiger charge is -2.13. The second-order valence-electron chi connectivity index (χ2n) is 4.62. The van der Waals surface area contributed by atoms with E-state index in [0.717, 1.165) is 6.07 Å². The van der Waals surface area contributed by atoms with Gasteiger partial charge in [0.1, 0.15) is 17.1 Å². The van der Waals surface area contributed by atoms with E-state index >= 15 is 0 Å². The number of hydrogen-bond acceptors (Lipinski definition) is 5. The molecule has 6 heteroatoms. The standard InChI is InChI=1S/C16H13ClO5/c1-9(15(20)10-2-4-11(17)5-3-10)22-16(21)13-7-6-12(18)8-14(13)19/h2-9,18-19H,1H3. The number of esters is 1. The predicted molar refractivity (Wildman–Crippen MR) is 80.4 cm³/mol. The Bertz CT molecular complexity index is 709. The fourth-order valence-electron chi connectivity index (χ4n) is 1.82. The van der Waals surface area contributed by atoms with Crippen LogP contribution in [-0.4, -0.2) is 28.1 Å². The first-order valence-corrected chi connectivity index (χ1v) is 6.79. The van der Waals surface area contributed by atoms with Gasteiger partial charge in [-0.1, -0.05) is 11.6 Å². The Balaban J connectivity index is 2.10. The van der Waals surface area contributed by atoms with Crippen LogP contribution in [0.2, 0.25) is 5.02 Å². The number of carbonyl (C=O) groups is 2. The quantitative estimate of drug-likeness (QED) is 0.667. The van der Waals surface area contributed by atoms with Gasteiger partial charge in [0.05, 0.1) is 0 Å². The summed E-state index contributed by atoms with van der Waals surface area (Å²) in [6.07, 6.45) is -1.03. The molecule has 0 radical (unpaired) electrons. The maximum atomic E-state index is 12.1. The minimum Gasteiger partial charge on any atom is -0.508 e. The van der Waals surface area contributed by atoms with Crippen molar-refractivity contribution in [3.05, 3.63) is 58.6 Å². The van der Waals surface area contributed by atoms with Crippen LogP contribution in [0.3, 0.4) is 0 Å².